The van der Waals surface area contributed by atoms with Gasteiger partial charge in [-0.1, -0.05) is 23.2 Å². The predicted octanol–water partition coefficient (Wildman–Crippen LogP) is 5.97. The molecule has 33 heavy (non-hydrogen) atoms. The molecule has 0 amide bonds. The Balaban J connectivity index is 1.59. The summed E-state index contributed by atoms with van der Waals surface area (Å²) in [4.78, 5) is 24.3. The number of anilines is 1. The van der Waals surface area contributed by atoms with E-state index in [9.17, 15) is 4.79 Å². The number of aromatic nitrogens is 3. The summed E-state index contributed by atoms with van der Waals surface area (Å²) in [5.41, 5.74) is 3.59. The van der Waals surface area contributed by atoms with Crippen molar-refractivity contribution < 1.29 is 9.53 Å². The van der Waals surface area contributed by atoms with Gasteiger partial charge in [-0.15, -0.1) is 0 Å². The Morgan fingerprint density at radius 3 is 2.61 bits per heavy atom. The highest BCUT2D eigenvalue weighted by molar-refractivity contribution is 6.32. The summed E-state index contributed by atoms with van der Waals surface area (Å²) < 4.78 is 7.31. The van der Waals surface area contributed by atoms with Gasteiger partial charge in [-0.3, -0.25) is 9.36 Å². The summed E-state index contributed by atoms with van der Waals surface area (Å²) in [5.74, 6) is 1.40. The SMILES string of the molecule is CCOC(=O)C1CCN(c2nc3cc(Cl)c(C)cc3n2-c2ccc3cc(Cl)ccc3n2)CC1. The first-order chi connectivity index (χ1) is 15.9. The van der Waals surface area contributed by atoms with Crippen LogP contribution in [0.1, 0.15) is 25.3 Å². The largest absolute Gasteiger partial charge is 0.466 e. The fourth-order valence-electron chi connectivity index (χ4n) is 4.41. The van der Waals surface area contributed by atoms with Crippen LogP contribution in [0.25, 0.3) is 27.8 Å². The number of piperidine rings is 1. The number of nitrogens with zero attached hydrogens (tertiary/aromatic N) is 4. The third kappa shape index (κ3) is 4.13. The van der Waals surface area contributed by atoms with Crippen LogP contribution in [0.2, 0.25) is 10.0 Å². The van der Waals surface area contributed by atoms with Gasteiger partial charge >= 0.3 is 5.97 Å². The van der Waals surface area contributed by atoms with Gasteiger partial charge in [0.25, 0.3) is 0 Å². The Labute approximate surface area is 202 Å². The topological polar surface area (TPSA) is 60.2 Å². The monoisotopic (exact) mass is 482 g/mol. The van der Waals surface area contributed by atoms with Gasteiger partial charge in [0.05, 0.1) is 29.1 Å². The van der Waals surface area contributed by atoms with Crippen molar-refractivity contribution in [3.05, 3.63) is 58.1 Å². The van der Waals surface area contributed by atoms with Crippen molar-refractivity contribution in [3.63, 3.8) is 0 Å². The van der Waals surface area contributed by atoms with Gasteiger partial charge in [-0.05, 0) is 74.7 Å². The molecule has 3 heterocycles. The standard InChI is InChI=1S/C25H24Cl2N4O2/c1-3-33-24(32)16-8-10-30(11-9-16)25-29-21-14-19(27)15(2)12-22(21)31(25)23-7-4-17-13-18(26)5-6-20(17)28-23/h4-7,12-14,16H,3,8-11H2,1-2H3. The maximum atomic E-state index is 12.2. The Hall–Kier alpha value is -2.83. The fraction of sp³-hybridized carbons (Fsp3) is 0.320. The smallest absolute Gasteiger partial charge is 0.309 e. The Morgan fingerprint density at radius 2 is 1.85 bits per heavy atom. The number of benzene rings is 2. The summed E-state index contributed by atoms with van der Waals surface area (Å²) in [5, 5.41) is 2.34. The van der Waals surface area contributed by atoms with Crippen LogP contribution in [-0.2, 0) is 9.53 Å². The van der Waals surface area contributed by atoms with Crippen LogP contribution in [0.5, 0.6) is 0 Å². The van der Waals surface area contributed by atoms with Crippen molar-refractivity contribution in [2.45, 2.75) is 26.7 Å². The van der Waals surface area contributed by atoms with Gasteiger partial charge in [-0.2, -0.15) is 0 Å². The molecule has 1 aliphatic rings. The molecule has 0 aliphatic carbocycles. The number of hydrogen-bond acceptors (Lipinski definition) is 5. The van der Waals surface area contributed by atoms with Gasteiger partial charge in [-0.25, -0.2) is 9.97 Å². The fourth-order valence-corrected chi connectivity index (χ4v) is 4.75. The van der Waals surface area contributed by atoms with E-state index in [0.717, 1.165) is 52.1 Å². The third-order valence-corrected chi connectivity index (χ3v) is 6.82. The number of carbonyl (C=O) groups is 1. The molecule has 6 nitrogen and oxygen atoms in total. The Kier molecular flexibility index (Phi) is 5.89. The molecule has 5 rings (SSSR count). The average Bonchev–Trinajstić information content (AvgIpc) is 3.17. The second-order valence-electron chi connectivity index (χ2n) is 8.36. The highest BCUT2D eigenvalue weighted by Crippen LogP contribution is 2.33. The molecule has 1 saturated heterocycles. The van der Waals surface area contributed by atoms with Gasteiger partial charge in [0.2, 0.25) is 5.95 Å². The minimum atomic E-state index is -0.108. The van der Waals surface area contributed by atoms with Crippen LogP contribution in [0, 0.1) is 12.8 Å². The number of hydrogen-bond donors (Lipinski definition) is 0. The molecule has 0 saturated carbocycles. The molecule has 0 spiro atoms. The number of halogens is 2. The zero-order valence-corrected chi connectivity index (χ0v) is 20.0. The van der Waals surface area contributed by atoms with E-state index in [4.69, 9.17) is 37.9 Å². The maximum absolute atomic E-state index is 12.2. The number of pyridine rings is 1. The van der Waals surface area contributed by atoms with E-state index in [1.165, 1.54) is 0 Å². The first-order valence-electron chi connectivity index (χ1n) is 11.1. The van der Waals surface area contributed by atoms with Crippen molar-refractivity contribution in [1.29, 1.82) is 0 Å². The van der Waals surface area contributed by atoms with Crippen LogP contribution >= 0.6 is 23.2 Å². The minimum absolute atomic E-state index is 0.0701. The molecule has 0 unspecified atom stereocenters. The first kappa shape index (κ1) is 22.0. The molecule has 1 aliphatic heterocycles. The van der Waals surface area contributed by atoms with Crippen molar-refractivity contribution in [2.24, 2.45) is 5.92 Å². The minimum Gasteiger partial charge on any atom is -0.466 e. The quantitative estimate of drug-likeness (QED) is 0.335. The number of aryl methyl sites for hydroxylation is 1. The molecule has 170 valence electrons. The van der Waals surface area contributed by atoms with E-state index >= 15 is 0 Å². The van der Waals surface area contributed by atoms with Crippen LogP contribution in [0.4, 0.5) is 5.95 Å². The lowest BCUT2D eigenvalue weighted by Crippen LogP contribution is -2.38. The summed E-state index contributed by atoms with van der Waals surface area (Å²) in [6.45, 7) is 5.66. The molecule has 0 radical (unpaired) electrons. The maximum Gasteiger partial charge on any atom is 0.309 e. The summed E-state index contributed by atoms with van der Waals surface area (Å²) >= 11 is 12.6. The lowest BCUT2D eigenvalue weighted by Gasteiger charge is -2.31. The molecular formula is C25H24Cl2N4O2. The van der Waals surface area contributed by atoms with Gasteiger partial charge in [0.15, 0.2) is 0 Å². The molecular weight excluding hydrogens is 459 g/mol. The molecule has 0 bridgehead atoms. The van der Waals surface area contributed by atoms with Crippen molar-refractivity contribution in [1.82, 2.24) is 14.5 Å². The number of rotatable bonds is 4. The first-order valence-corrected chi connectivity index (χ1v) is 11.9. The molecule has 1 fully saturated rings. The second-order valence-corrected chi connectivity index (χ2v) is 9.20. The van der Waals surface area contributed by atoms with Crippen LogP contribution in [-0.4, -0.2) is 40.2 Å². The number of esters is 1. The van der Waals surface area contributed by atoms with Crippen LogP contribution < -0.4 is 4.90 Å². The highest BCUT2D eigenvalue weighted by Gasteiger charge is 2.29. The van der Waals surface area contributed by atoms with Crippen molar-refractivity contribution >= 4 is 57.1 Å². The zero-order chi connectivity index (χ0) is 23.1. The molecule has 8 heteroatoms. The van der Waals surface area contributed by atoms with Crippen molar-refractivity contribution in [3.8, 4) is 5.82 Å². The van der Waals surface area contributed by atoms with Crippen molar-refractivity contribution in [2.75, 3.05) is 24.6 Å². The lowest BCUT2D eigenvalue weighted by atomic mass is 9.97. The number of ether oxygens (including phenoxy) is 1. The number of carbonyl (C=O) groups excluding carboxylic acids is 1. The van der Waals surface area contributed by atoms with E-state index in [1.807, 2.05) is 56.3 Å². The van der Waals surface area contributed by atoms with E-state index in [1.54, 1.807) is 0 Å². The van der Waals surface area contributed by atoms with E-state index in [-0.39, 0.29) is 11.9 Å². The van der Waals surface area contributed by atoms with Gasteiger partial charge in [0, 0.05) is 28.5 Å². The molecule has 4 aromatic rings. The zero-order valence-electron chi connectivity index (χ0n) is 18.5. The molecule has 0 N–H and O–H groups in total. The predicted molar refractivity (Wildman–Crippen MR) is 133 cm³/mol. The third-order valence-electron chi connectivity index (χ3n) is 6.18. The number of imidazole rings is 1. The van der Waals surface area contributed by atoms with Gasteiger partial charge in [0.1, 0.15) is 5.82 Å². The van der Waals surface area contributed by atoms with E-state index in [2.05, 4.69) is 9.47 Å². The Morgan fingerprint density at radius 1 is 1.06 bits per heavy atom. The average molecular weight is 483 g/mol. The Bertz CT molecular complexity index is 1360. The highest BCUT2D eigenvalue weighted by atomic mass is 35.5. The van der Waals surface area contributed by atoms with E-state index in [0.29, 0.717) is 29.7 Å². The summed E-state index contributed by atoms with van der Waals surface area (Å²) in [6, 6.07) is 13.6. The van der Waals surface area contributed by atoms with Crippen LogP contribution in [0.3, 0.4) is 0 Å². The second kappa shape index (κ2) is 8.84. The summed E-state index contributed by atoms with van der Waals surface area (Å²) in [7, 11) is 0. The molecule has 2 aromatic heterocycles. The molecule has 0 atom stereocenters. The molecule has 2 aromatic carbocycles. The lowest BCUT2D eigenvalue weighted by molar-refractivity contribution is -0.148. The van der Waals surface area contributed by atoms with Crippen LogP contribution in [0.15, 0.2) is 42.5 Å². The summed E-state index contributed by atoms with van der Waals surface area (Å²) in [6.07, 6.45) is 1.46. The van der Waals surface area contributed by atoms with Gasteiger partial charge < -0.3 is 9.64 Å². The number of fused-ring (bicyclic) bond motifs is 2. The van der Waals surface area contributed by atoms with E-state index < -0.39 is 0 Å². The normalized spacial score (nSPS) is 14.8.